The second-order valence-electron chi connectivity index (χ2n) is 6.89. The monoisotopic (exact) mass is 282 g/mol. The smallest absolute Gasteiger partial charge is 0.312 e. The van der Waals surface area contributed by atoms with E-state index in [9.17, 15) is 9.90 Å². The van der Waals surface area contributed by atoms with Crippen molar-refractivity contribution in [3.8, 4) is 0 Å². The Morgan fingerprint density at radius 3 is 2.50 bits per heavy atom. The number of rotatable bonds is 2. The lowest BCUT2D eigenvalue weighted by molar-refractivity contribution is -0.172. The molecule has 1 saturated carbocycles. The standard InChI is InChI=1S/C16H26O4/c1-12-16(14(17)18,8-10-19-12)13-5-9-20-15(11-13)6-3-2-4-7-15/h12-13H,2-11H2,1H3,(H,17,18). The van der Waals surface area contributed by atoms with Gasteiger partial charge in [-0.15, -0.1) is 0 Å². The summed E-state index contributed by atoms with van der Waals surface area (Å²) in [5.74, 6) is -0.468. The maximum Gasteiger partial charge on any atom is 0.312 e. The van der Waals surface area contributed by atoms with Crippen LogP contribution in [-0.4, -0.2) is 36.0 Å². The Kier molecular flexibility index (Phi) is 3.80. The Bertz CT molecular complexity index is 369. The number of hydrogen-bond donors (Lipinski definition) is 1. The molecule has 2 saturated heterocycles. The summed E-state index contributed by atoms with van der Waals surface area (Å²) >= 11 is 0. The van der Waals surface area contributed by atoms with Crippen LogP contribution in [0.15, 0.2) is 0 Å². The summed E-state index contributed by atoms with van der Waals surface area (Å²) in [6, 6.07) is 0. The van der Waals surface area contributed by atoms with Crippen LogP contribution in [0.25, 0.3) is 0 Å². The van der Waals surface area contributed by atoms with Crippen LogP contribution >= 0.6 is 0 Å². The molecule has 3 rings (SSSR count). The molecule has 2 aliphatic heterocycles. The lowest BCUT2D eigenvalue weighted by Crippen LogP contribution is -2.51. The van der Waals surface area contributed by atoms with Crippen molar-refractivity contribution in [1.29, 1.82) is 0 Å². The predicted molar refractivity (Wildman–Crippen MR) is 74.6 cm³/mol. The minimum Gasteiger partial charge on any atom is -0.481 e. The number of hydrogen-bond acceptors (Lipinski definition) is 3. The quantitative estimate of drug-likeness (QED) is 0.846. The predicted octanol–water partition coefficient (Wildman–Crippen LogP) is 3.00. The van der Waals surface area contributed by atoms with Crippen molar-refractivity contribution in [1.82, 2.24) is 0 Å². The fourth-order valence-corrected chi connectivity index (χ4v) is 4.76. The molecule has 3 fully saturated rings. The van der Waals surface area contributed by atoms with E-state index in [2.05, 4.69) is 0 Å². The molecule has 3 unspecified atom stereocenters. The van der Waals surface area contributed by atoms with Crippen LogP contribution in [0.3, 0.4) is 0 Å². The van der Waals surface area contributed by atoms with Crippen LogP contribution < -0.4 is 0 Å². The summed E-state index contributed by atoms with van der Waals surface area (Å²) in [6.07, 6.45) is 8.20. The Morgan fingerprint density at radius 2 is 1.90 bits per heavy atom. The number of carboxylic acid groups (broad SMARTS) is 1. The third kappa shape index (κ3) is 2.17. The number of carboxylic acids is 1. The van der Waals surface area contributed by atoms with Gasteiger partial charge in [0.15, 0.2) is 0 Å². The van der Waals surface area contributed by atoms with Crippen molar-refractivity contribution in [2.75, 3.05) is 13.2 Å². The van der Waals surface area contributed by atoms with Crippen molar-refractivity contribution >= 4 is 5.97 Å². The molecule has 1 aliphatic carbocycles. The van der Waals surface area contributed by atoms with Crippen molar-refractivity contribution in [3.63, 3.8) is 0 Å². The van der Waals surface area contributed by atoms with E-state index in [-0.39, 0.29) is 17.6 Å². The lowest BCUT2D eigenvalue weighted by Gasteiger charge is -2.48. The summed E-state index contributed by atoms with van der Waals surface area (Å²) in [6.45, 7) is 3.23. The minimum absolute atomic E-state index is 0.0358. The summed E-state index contributed by atoms with van der Waals surface area (Å²) in [7, 11) is 0. The van der Waals surface area contributed by atoms with Crippen molar-refractivity contribution < 1.29 is 19.4 Å². The molecule has 0 aromatic rings. The Labute approximate surface area is 120 Å². The van der Waals surface area contributed by atoms with Gasteiger partial charge >= 0.3 is 5.97 Å². The Hall–Kier alpha value is -0.610. The summed E-state index contributed by atoms with van der Waals surface area (Å²) in [5, 5.41) is 9.85. The molecule has 1 spiro atoms. The van der Waals surface area contributed by atoms with Crippen molar-refractivity contribution in [2.45, 2.75) is 70.0 Å². The normalized spacial score (nSPS) is 40.9. The fraction of sp³-hybridized carbons (Fsp3) is 0.938. The third-order valence-corrected chi connectivity index (χ3v) is 5.99. The van der Waals surface area contributed by atoms with Gasteiger partial charge in [0.25, 0.3) is 0 Å². The summed E-state index contributed by atoms with van der Waals surface area (Å²) in [4.78, 5) is 12.0. The molecule has 3 aliphatic rings. The molecule has 3 atom stereocenters. The SMILES string of the molecule is CC1OCCC1(C(=O)O)C1CCOC2(CCCCC2)C1. The average Bonchev–Trinajstić information content (AvgIpc) is 2.82. The summed E-state index contributed by atoms with van der Waals surface area (Å²) in [5.41, 5.74) is -0.722. The van der Waals surface area contributed by atoms with Crippen molar-refractivity contribution in [3.05, 3.63) is 0 Å². The van der Waals surface area contributed by atoms with Crippen LogP contribution in [0, 0.1) is 11.3 Å². The molecule has 4 nitrogen and oxygen atoms in total. The highest BCUT2D eigenvalue weighted by Crippen LogP contribution is 2.51. The zero-order chi connectivity index (χ0) is 14.2. The summed E-state index contributed by atoms with van der Waals surface area (Å²) < 4.78 is 11.8. The van der Waals surface area contributed by atoms with Crippen molar-refractivity contribution in [2.24, 2.45) is 11.3 Å². The molecule has 0 radical (unpaired) electrons. The number of carbonyl (C=O) groups is 1. The van der Waals surface area contributed by atoms with E-state index in [4.69, 9.17) is 9.47 Å². The maximum absolute atomic E-state index is 12.0. The molecule has 1 N–H and O–H groups in total. The molecule has 0 bridgehead atoms. The number of aliphatic carboxylic acids is 1. The highest BCUT2D eigenvalue weighted by Gasteiger charge is 2.56. The third-order valence-electron chi connectivity index (χ3n) is 5.99. The van der Waals surface area contributed by atoms with Gasteiger partial charge in [0.05, 0.1) is 17.1 Å². The van der Waals surface area contributed by atoms with E-state index in [1.807, 2.05) is 6.92 Å². The van der Waals surface area contributed by atoms with Gasteiger partial charge in [-0.1, -0.05) is 19.3 Å². The zero-order valence-corrected chi connectivity index (χ0v) is 12.4. The zero-order valence-electron chi connectivity index (χ0n) is 12.4. The van der Waals surface area contributed by atoms with E-state index >= 15 is 0 Å². The van der Waals surface area contributed by atoms with Gasteiger partial charge in [0.1, 0.15) is 0 Å². The first kappa shape index (κ1) is 14.3. The molecular weight excluding hydrogens is 256 g/mol. The second kappa shape index (κ2) is 5.30. The molecule has 4 heteroatoms. The molecule has 114 valence electrons. The fourth-order valence-electron chi connectivity index (χ4n) is 4.76. The topological polar surface area (TPSA) is 55.8 Å². The van der Waals surface area contributed by atoms with Crippen LogP contribution in [0.5, 0.6) is 0 Å². The highest BCUT2D eigenvalue weighted by atomic mass is 16.5. The van der Waals surface area contributed by atoms with Gasteiger partial charge in [-0.3, -0.25) is 4.79 Å². The molecular formula is C16H26O4. The Balaban J connectivity index is 1.83. The van der Waals surface area contributed by atoms with Gasteiger partial charge in [0, 0.05) is 13.2 Å². The van der Waals surface area contributed by atoms with Crippen LogP contribution in [0.2, 0.25) is 0 Å². The van der Waals surface area contributed by atoms with Gasteiger partial charge in [-0.05, 0) is 44.9 Å². The lowest BCUT2D eigenvalue weighted by atomic mass is 9.63. The first-order chi connectivity index (χ1) is 9.59. The Morgan fingerprint density at radius 1 is 1.15 bits per heavy atom. The average molecular weight is 282 g/mol. The van der Waals surface area contributed by atoms with Crippen LogP contribution in [-0.2, 0) is 14.3 Å². The van der Waals surface area contributed by atoms with E-state index in [0.29, 0.717) is 19.6 Å². The van der Waals surface area contributed by atoms with E-state index < -0.39 is 11.4 Å². The first-order valence-corrected chi connectivity index (χ1v) is 8.08. The maximum atomic E-state index is 12.0. The van der Waals surface area contributed by atoms with Gasteiger partial charge in [0.2, 0.25) is 0 Å². The molecule has 2 heterocycles. The van der Waals surface area contributed by atoms with Gasteiger partial charge < -0.3 is 14.6 Å². The largest absolute Gasteiger partial charge is 0.481 e. The van der Waals surface area contributed by atoms with Crippen LogP contribution in [0.1, 0.15) is 58.3 Å². The van der Waals surface area contributed by atoms with Gasteiger partial charge in [-0.25, -0.2) is 0 Å². The van der Waals surface area contributed by atoms with E-state index in [0.717, 1.165) is 25.7 Å². The minimum atomic E-state index is -0.686. The second-order valence-corrected chi connectivity index (χ2v) is 6.89. The highest BCUT2D eigenvalue weighted by molar-refractivity contribution is 5.76. The first-order valence-electron chi connectivity index (χ1n) is 8.08. The molecule has 0 amide bonds. The van der Waals surface area contributed by atoms with E-state index in [1.165, 1.54) is 19.3 Å². The molecule has 0 aromatic carbocycles. The van der Waals surface area contributed by atoms with Crippen LogP contribution in [0.4, 0.5) is 0 Å². The van der Waals surface area contributed by atoms with E-state index in [1.54, 1.807) is 0 Å². The van der Waals surface area contributed by atoms with Gasteiger partial charge in [-0.2, -0.15) is 0 Å². The molecule has 0 aromatic heterocycles. The number of ether oxygens (including phenoxy) is 2. The molecule has 20 heavy (non-hydrogen) atoms.